The third-order valence-corrected chi connectivity index (χ3v) is 3.90. The normalized spacial score (nSPS) is 38.8. The molecule has 2 rings (SSSR count). The van der Waals surface area contributed by atoms with E-state index in [9.17, 15) is 9.59 Å². The highest BCUT2D eigenvalue weighted by Crippen LogP contribution is 2.56. The van der Waals surface area contributed by atoms with E-state index in [2.05, 4.69) is 13.8 Å². The molecule has 1 heterocycles. The molecule has 1 amide bonds. The molecule has 1 saturated carbocycles. The summed E-state index contributed by atoms with van der Waals surface area (Å²) in [6.07, 6.45) is 2.10. The Morgan fingerprint density at radius 1 is 1.50 bits per heavy atom. The smallest absolute Gasteiger partial charge is 0.220 e. The molecule has 0 unspecified atom stereocenters. The molecule has 1 aliphatic carbocycles. The molecule has 0 N–H and O–H groups in total. The van der Waals surface area contributed by atoms with E-state index >= 15 is 0 Å². The van der Waals surface area contributed by atoms with Crippen LogP contribution >= 0.6 is 0 Å². The lowest BCUT2D eigenvalue weighted by Gasteiger charge is -2.48. The summed E-state index contributed by atoms with van der Waals surface area (Å²) in [5, 5.41) is 0. The van der Waals surface area contributed by atoms with Crippen LogP contribution < -0.4 is 0 Å². The molecule has 0 radical (unpaired) electrons. The van der Waals surface area contributed by atoms with Crippen LogP contribution in [-0.4, -0.2) is 29.7 Å². The average molecular weight is 195 g/mol. The van der Waals surface area contributed by atoms with Crippen LogP contribution in [0.2, 0.25) is 0 Å². The van der Waals surface area contributed by atoms with Crippen molar-refractivity contribution in [3.8, 4) is 0 Å². The minimum atomic E-state index is -0.166. The van der Waals surface area contributed by atoms with Crippen molar-refractivity contribution in [3.63, 3.8) is 0 Å². The second kappa shape index (κ2) is 2.81. The van der Waals surface area contributed by atoms with Gasteiger partial charge in [-0.1, -0.05) is 13.8 Å². The van der Waals surface area contributed by atoms with Crippen molar-refractivity contribution < 1.29 is 9.59 Å². The molecule has 2 aliphatic rings. The maximum absolute atomic E-state index is 11.3. The van der Waals surface area contributed by atoms with Crippen molar-refractivity contribution in [2.75, 3.05) is 6.54 Å². The topological polar surface area (TPSA) is 37.4 Å². The van der Waals surface area contributed by atoms with Crippen molar-refractivity contribution in [2.24, 2.45) is 17.3 Å². The third-order valence-electron chi connectivity index (χ3n) is 3.90. The summed E-state index contributed by atoms with van der Waals surface area (Å²) in [7, 11) is 0. The van der Waals surface area contributed by atoms with Crippen molar-refractivity contribution in [1.82, 2.24) is 4.90 Å². The first-order valence-electron chi connectivity index (χ1n) is 5.20. The lowest BCUT2D eigenvalue weighted by atomic mass is 9.55. The molecule has 3 heteroatoms. The Morgan fingerprint density at radius 2 is 2.14 bits per heavy atom. The van der Waals surface area contributed by atoms with Gasteiger partial charge in [-0.3, -0.25) is 4.79 Å². The van der Waals surface area contributed by atoms with Gasteiger partial charge in [-0.05, 0) is 23.7 Å². The van der Waals surface area contributed by atoms with E-state index < -0.39 is 0 Å². The molecule has 3 nitrogen and oxygen atoms in total. The second-order valence-electron chi connectivity index (χ2n) is 5.28. The molecule has 0 spiro atoms. The van der Waals surface area contributed by atoms with Crippen LogP contribution in [0, 0.1) is 17.3 Å². The largest absolute Gasteiger partial charge is 0.333 e. The van der Waals surface area contributed by atoms with Gasteiger partial charge in [-0.2, -0.15) is 0 Å². The number of aldehydes is 1. The number of hydrogen-bond acceptors (Lipinski definition) is 2. The first kappa shape index (κ1) is 9.69. The minimum absolute atomic E-state index is 0.0345. The van der Waals surface area contributed by atoms with Gasteiger partial charge in [-0.15, -0.1) is 0 Å². The summed E-state index contributed by atoms with van der Waals surface area (Å²) in [5.74, 6) is 0.986. The minimum Gasteiger partial charge on any atom is -0.333 e. The maximum atomic E-state index is 11.3. The van der Waals surface area contributed by atoms with Gasteiger partial charge in [0.25, 0.3) is 0 Å². The molecule has 0 aromatic heterocycles. The SMILES string of the molecule is CC(=O)N1C[C@@H]2CC(C)(C)[C@@H]2[C@H]1C=O. The van der Waals surface area contributed by atoms with Crippen LogP contribution in [0.5, 0.6) is 0 Å². The summed E-state index contributed by atoms with van der Waals surface area (Å²) < 4.78 is 0. The van der Waals surface area contributed by atoms with Crippen LogP contribution in [0.3, 0.4) is 0 Å². The number of hydrogen-bond donors (Lipinski definition) is 0. The number of carbonyl (C=O) groups excluding carboxylic acids is 2. The predicted molar refractivity (Wildman–Crippen MR) is 52.6 cm³/mol. The lowest BCUT2D eigenvalue weighted by Crippen LogP contribution is -2.48. The summed E-state index contributed by atoms with van der Waals surface area (Å²) in [5.41, 5.74) is 0.237. The van der Waals surface area contributed by atoms with Crippen LogP contribution in [0.15, 0.2) is 0 Å². The van der Waals surface area contributed by atoms with Crippen molar-refractivity contribution in [1.29, 1.82) is 0 Å². The van der Waals surface area contributed by atoms with Gasteiger partial charge in [-0.25, -0.2) is 0 Å². The van der Waals surface area contributed by atoms with E-state index in [-0.39, 0.29) is 17.4 Å². The van der Waals surface area contributed by atoms with Crippen LogP contribution in [-0.2, 0) is 9.59 Å². The fraction of sp³-hybridized carbons (Fsp3) is 0.818. The van der Waals surface area contributed by atoms with Crippen LogP contribution in [0.25, 0.3) is 0 Å². The van der Waals surface area contributed by atoms with E-state index in [1.165, 1.54) is 0 Å². The number of carbonyl (C=O) groups is 2. The molecule has 0 bridgehead atoms. The third kappa shape index (κ3) is 1.11. The van der Waals surface area contributed by atoms with Gasteiger partial charge >= 0.3 is 0 Å². The van der Waals surface area contributed by atoms with Crippen molar-refractivity contribution >= 4 is 12.2 Å². The molecular weight excluding hydrogens is 178 g/mol. The highest BCUT2D eigenvalue weighted by Gasteiger charge is 2.57. The molecule has 1 aliphatic heterocycles. The highest BCUT2D eigenvalue weighted by molar-refractivity contribution is 5.78. The van der Waals surface area contributed by atoms with E-state index in [0.717, 1.165) is 19.3 Å². The zero-order valence-corrected chi connectivity index (χ0v) is 8.99. The summed E-state index contributed by atoms with van der Waals surface area (Å²) in [6.45, 7) is 6.71. The summed E-state index contributed by atoms with van der Waals surface area (Å²) in [4.78, 5) is 24.1. The van der Waals surface area contributed by atoms with Gasteiger partial charge in [0.15, 0.2) is 0 Å². The number of nitrogens with zero attached hydrogens (tertiary/aromatic N) is 1. The maximum Gasteiger partial charge on any atom is 0.220 e. The van der Waals surface area contributed by atoms with Crippen molar-refractivity contribution in [3.05, 3.63) is 0 Å². The first-order chi connectivity index (χ1) is 6.47. The number of likely N-dealkylation sites (tertiary alicyclic amines) is 1. The Bertz CT molecular complexity index is 285. The Hall–Kier alpha value is -0.860. The van der Waals surface area contributed by atoms with Crippen molar-refractivity contribution in [2.45, 2.75) is 33.2 Å². The molecule has 78 valence electrons. The fourth-order valence-corrected chi connectivity index (χ4v) is 3.40. The quantitative estimate of drug-likeness (QED) is 0.587. The van der Waals surface area contributed by atoms with Gasteiger partial charge in [0.2, 0.25) is 5.91 Å². The monoisotopic (exact) mass is 195 g/mol. The average Bonchev–Trinajstić information content (AvgIpc) is 2.38. The Kier molecular flexibility index (Phi) is 1.95. The molecule has 0 aromatic rings. The number of fused-ring (bicyclic) bond motifs is 1. The molecule has 1 saturated heterocycles. The summed E-state index contributed by atoms with van der Waals surface area (Å²) in [6, 6.07) is -0.166. The molecule has 0 aromatic carbocycles. The first-order valence-corrected chi connectivity index (χ1v) is 5.20. The standard InChI is InChI=1S/C11H17NO2/c1-7(14)12-5-8-4-11(2,3)10(8)9(12)6-13/h6,8-10H,4-5H2,1-3H3/t8-,9+,10-/m0/s1. The number of rotatable bonds is 1. The zero-order chi connectivity index (χ0) is 10.5. The highest BCUT2D eigenvalue weighted by atomic mass is 16.2. The van der Waals surface area contributed by atoms with Gasteiger partial charge < -0.3 is 9.69 Å². The second-order valence-corrected chi connectivity index (χ2v) is 5.28. The zero-order valence-electron chi connectivity index (χ0n) is 8.99. The Labute approximate surface area is 84.5 Å². The van der Waals surface area contributed by atoms with E-state index in [0.29, 0.717) is 11.8 Å². The lowest BCUT2D eigenvalue weighted by molar-refractivity contribution is -0.133. The van der Waals surface area contributed by atoms with E-state index in [1.54, 1.807) is 11.8 Å². The number of amides is 1. The van der Waals surface area contributed by atoms with Crippen LogP contribution in [0.1, 0.15) is 27.2 Å². The predicted octanol–water partition coefficient (Wildman–Crippen LogP) is 1.08. The Morgan fingerprint density at radius 3 is 2.57 bits per heavy atom. The van der Waals surface area contributed by atoms with Crippen LogP contribution in [0.4, 0.5) is 0 Å². The summed E-state index contributed by atoms with van der Waals surface area (Å²) >= 11 is 0. The fourth-order valence-electron chi connectivity index (χ4n) is 3.40. The van der Waals surface area contributed by atoms with Gasteiger partial charge in [0.1, 0.15) is 6.29 Å². The Balaban J connectivity index is 2.22. The molecule has 14 heavy (non-hydrogen) atoms. The van der Waals surface area contributed by atoms with E-state index in [1.807, 2.05) is 0 Å². The van der Waals surface area contributed by atoms with E-state index in [4.69, 9.17) is 0 Å². The molecule has 3 atom stereocenters. The van der Waals surface area contributed by atoms with Gasteiger partial charge in [0.05, 0.1) is 6.04 Å². The molecular formula is C11H17NO2. The molecule has 2 fully saturated rings. The van der Waals surface area contributed by atoms with Gasteiger partial charge in [0, 0.05) is 13.5 Å².